The van der Waals surface area contributed by atoms with Gasteiger partial charge in [-0.2, -0.15) is 4.98 Å². The number of nitrogens with one attached hydrogen (secondary N) is 1. The van der Waals surface area contributed by atoms with Gasteiger partial charge in [0, 0.05) is 6.54 Å². The van der Waals surface area contributed by atoms with Crippen LogP contribution in [0.4, 0.5) is 10.2 Å². The van der Waals surface area contributed by atoms with Crippen molar-refractivity contribution in [3.05, 3.63) is 52.7 Å². The second-order valence-corrected chi connectivity index (χ2v) is 4.00. The van der Waals surface area contributed by atoms with Gasteiger partial charge in [-0.1, -0.05) is 24.3 Å². The van der Waals surface area contributed by atoms with Crippen LogP contribution in [-0.2, 0) is 13.2 Å². The highest BCUT2D eigenvalue weighted by molar-refractivity contribution is 6.28. The zero-order chi connectivity index (χ0) is 13.0. The molecule has 1 heterocycles. The van der Waals surface area contributed by atoms with Gasteiger partial charge in [0.1, 0.15) is 0 Å². The van der Waals surface area contributed by atoms with Crippen LogP contribution in [0.25, 0.3) is 0 Å². The molecule has 1 aromatic carbocycles. The summed E-state index contributed by atoms with van der Waals surface area (Å²) in [5.74, 6) is -0.479. The Hall–Kier alpha value is -1.72. The molecule has 4 nitrogen and oxygen atoms in total. The Bertz CT molecular complexity index is 533. The molecule has 2 N–H and O–H groups in total. The van der Waals surface area contributed by atoms with E-state index in [2.05, 4.69) is 15.3 Å². The van der Waals surface area contributed by atoms with Gasteiger partial charge in [-0.15, -0.1) is 0 Å². The molecular weight excluding hydrogens is 257 g/mol. The number of anilines is 1. The summed E-state index contributed by atoms with van der Waals surface area (Å²) in [4.78, 5) is 7.28. The van der Waals surface area contributed by atoms with Crippen molar-refractivity contribution in [3.8, 4) is 0 Å². The summed E-state index contributed by atoms with van der Waals surface area (Å²) in [6.45, 7) is 0.416. The van der Waals surface area contributed by atoms with E-state index in [1.165, 1.54) is 0 Å². The minimum atomic E-state index is -0.550. The number of aliphatic hydroxyl groups excluding tert-OH is 1. The first kappa shape index (κ1) is 12.7. The smallest absolute Gasteiger partial charge is 0.224 e. The lowest BCUT2D eigenvalue weighted by atomic mass is 10.1. The quantitative estimate of drug-likeness (QED) is 0.835. The summed E-state index contributed by atoms with van der Waals surface area (Å²) in [6, 6.07) is 7.30. The Morgan fingerprint density at radius 3 is 2.56 bits per heavy atom. The maximum absolute atomic E-state index is 13.3. The standard InChI is InChI=1S/C12H11ClFN3O/c13-12-16-6-10(14)11(17-12)15-5-8-1-3-9(7-18)4-2-8/h1-4,6,18H,5,7H2,(H,15,16,17). The lowest BCUT2D eigenvalue weighted by Gasteiger charge is -2.07. The molecule has 0 bridgehead atoms. The topological polar surface area (TPSA) is 58.0 Å². The number of aromatic nitrogens is 2. The van der Waals surface area contributed by atoms with Crippen LogP contribution in [0.2, 0.25) is 5.28 Å². The highest BCUT2D eigenvalue weighted by Crippen LogP contribution is 2.13. The van der Waals surface area contributed by atoms with E-state index < -0.39 is 5.82 Å². The van der Waals surface area contributed by atoms with E-state index in [4.69, 9.17) is 16.7 Å². The molecule has 0 radical (unpaired) electrons. The highest BCUT2D eigenvalue weighted by Gasteiger charge is 2.05. The van der Waals surface area contributed by atoms with Gasteiger partial charge in [0.2, 0.25) is 5.28 Å². The molecule has 2 aromatic rings. The Morgan fingerprint density at radius 1 is 1.22 bits per heavy atom. The minimum Gasteiger partial charge on any atom is -0.392 e. The molecule has 1 aromatic heterocycles. The van der Waals surface area contributed by atoms with Crippen LogP contribution in [0, 0.1) is 5.82 Å². The van der Waals surface area contributed by atoms with Crippen LogP contribution in [0.15, 0.2) is 30.5 Å². The number of rotatable bonds is 4. The molecule has 0 aliphatic heterocycles. The zero-order valence-electron chi connectivity index (χ0n) is 9.40. The van der Waals surface area contributed by atoms with Gasteiger partial charge in [-0.05, 0) is 22.7 Å². The third-order valence-electron chi connectivity index (χ3n) is 2.38. The molecule has 0 amide bonds. The van der Waals surface area contributed by atoms with Crippen molar-refractivity contribution in [1.29, 1.82) is 0 Å². The fraction of sp³-hybridized carbons (Fsp3) is 0.167. The first-order chi connectivity index (χ1) is 8.69. The SMILES string of the molecule is OCc1ccc(CNc2nc(Cl)ncc2F)cc1. The van der Waals surface area contributed by atoms with Crippen molar-refractivity contribution in [1.82, 2.24) is 9.97 Å². The van der Waals surface area contributed by atoms with E-state index >= 15 is 0 Å². The molecule has 0 spiro atoms. The third kappa shape index (κ3) is 3.15. The van der Waals surface area contributed by atoms with Crippen molar-refractivity contribution in [2.24, 2.45) is 0 Å². The number of nitrogens with zero attached hydrogens (tertiary/aromatic N) is 2. The molecular formula is C12H11ClFN3O. The van der Waals surface area contributed by atoms with Crippen LogP contribution >= 0.6 is 11.6 Å². The monoisotopic (exact) mass is 267 g/mol. The van der Waals surface area contributed by atoms with Crippen molar-refractivity contribution >= 4 is 17.4 Å². The fourth-order valence-corrected chi connectivity index (χ4v) is 1.55. The van der Waals surface area contributed by atoms with Gasteiger partial charge in [-0.25, -0.2) is 9.37 Å². The lowest BCUT2D eigenvalue weighted by molar-refractivity contribution is 0.282. The predicted octanol–water partition coefficient (Wildman–Crippen LogP) is 2.37. The van der Waals surface area contributed by atoms with E-state index in [1.807, 2.05) is 12.1 Å². The fourth-order valence-electron chi connectivity index (χ4n) is 1.42. The largest absolute Gasteiger partial charge is 0.392 e. The second-order valence-electron chi connectivity index (χ2n) is 3.66. The lowest BCUT2D eigenvalue weighted by Crippen LogP contribution is -2.04. The predicted molar refractivity (Wildman–Crippen MR) is 66.7 cm³/mol. The van der Waals surface area contributed by atoms with Crippen LogP contribution < -0.4 is 5.32 Å². The summed E-state index contributed by atoms with van der Waals surface area (Å²) < 4.78 is 13.3. The summed E-state index contributed by atoms with van der Waals surface area (Å²) in [6.07, 6.45) is 1.02. The maximum Gasteiger partial charge on any atom is 0.224 e. The van der Waals surface area contributed by atoms with Crippen LogP contribution in [0.1, 0.15) is 11.1 Å². The second kappa shape index (κ2) is 5.75. The Kier molecular flexibility index (Phi) is 4.07. The van der Waals surface area contributed by atoms with E-state index in [1.54, 1.807) is 12.1 Å². The van der Waals surface area contributed by atoms with Gasteiger partial charge >= 0.3 is 0 Å². The first-order valence-electron chi connectivity index (χ1n) is 5.29. The summed E-state index contributed by atoms with van der Waals surface area (Å²) in [5, 5.41) is 11.7. The van der Waals surface area contributed by atoms with E-state index in [0.717, 1.165) is 17.3 Å². The van der Waals surface area contributed by atoms with Gasteiger partial charge < -0.3 is 10.4 Å². The van der Waals surface area contributed by atoms with Gasteiger partial charge in [0.25, 0.3) is 0 Å². The number of halogens is 2. The van der Waals surface area contributed by atoms with Crippen molar-refractivity contribution in [3.63, 3.8) is 0 Å². The average Bonchev–Trinajstić information content (AvgIpc) is 2.40. The molecule has 0 saturated heterocycles. The molecule has 0 unspecified atom stereocenters. The summed E-state index contributed by atoms with van der Waals surface area (Å²) in [5.41, 5.74) is 1.77. The summed E-state index contributed by atoms with van der Waals surface area (Å²) >= 11 is 5.58. The van der Waals surface area contributed by atoms with Crippen molar-refractivity contribution < 1.29 is 9.50 Å². The molecule has 0 atom stereocenters. The Labute approximate surface area is 108 Å². The molecule has 0 aliphatic carbocycles. The third-order valence-corrected chi connectivity index (χ3v) is 2.56. The van der Waals surface area contributed by atoms with E-state index in [9.17, 15) is 4.39 Å². The normalized spacial score (nSPS) is 10.4. The molecule has 0 fully saturated rings. The summed E-state index contributed by atoms with van der Waals surface area (Å²) in [7, 11) is 0. The molecule has 18 heavy (non-hydrogen) atoms. The van der Waals surface area contributed by atoms with Gasteiger partial charge in [0.05, 0.1) is 12.8 Å². The number of hydrogen-bond donors (Lipinski definition) is 2. The first-order valence-corrected chi connectivity index (χ1v) is 5.67. The number of aliphatic hydroxyl groups is 1. The molecule has 94 valence electrons. The van der Waals surface area contributed by atoms with Crippen molar-refractivity contribution in [2.75, 3.05) is 5.32 Å². The average molecular weight is 268 g/mol. The number of benzene rings is 1. The maximum atomic E-state index is 13.3. The molecule has 0 aliphatic rings. The molecule has 2 rings (SSSR count). The molecule has 6 heteroatoms. The van der Waals surface area contributed by atoms with Crippen LogP contribution in [0.3, 0.4) is 0 Å². The number of hydrogen-bond acceptors (Lipinski definition) is 4. The zero-order valence-corrected chi connectivity index (χ0v) is 10.2. The van der Waals surface area contributed by atoms with E-state index in [0.29, 0.717) is 6.54 Å². The Morgan fingerprint density at radius 2 is 1.89 bits per heavy atom. The van der Waals surface area contributed by atoms with Gasteiger partial charge in [-0.3, -0.25) is 0 Å². The highest BCUT2D eigenvalue weighted by atomic mass is 35.5. The van der Waals surface area contributed by atoms with E-state index in [-0.39, 0.29) is 17.7 Å². The minimum absolute atomic E-state index is 0.00382. The van der Waals surface area contributed by atoms with Gasteiger partial charge in [0.15, 0.2) is 11.6 Å². The van der Waals surface area contributed by atoms with Crippen molar-refractivity contribution in [2.45, 2.75) is 13.2 Å². The van der Waals surface area contributed by atoms with Crippen LogP contribution in [-0.4, -0.2) is 15.1 Å². The Balaban J connectivity index is 2.04. The van der Waals surface area contributed by atoms with Crippen LogP contribution in [0.5, 0.6) is 0 Å². The molecule has 0 saturated carbocycles.